The van der Waals surface area contributed by atoms with Gasteiger partial charge in [0.25, 0.3) is 0 Å². The molecule has 13 heavy (non-hydrogen) atoms. The van der Waals surface area contributed by atoms with E-state index in [-0.39, 0.29) is 0 Å². The van der Waals surface area contributed by atoms with E-state index in [0.29, 0.717) is 6.23 Å². The van der Waals surface area contributed by atoms with Gasteiger partial charge in [0, 0.05) is 5.56 Å². The van der Waals surface area contributed by atoms with E-state index >= 15 is 0 Å². The second-order valence-corrected chi connectivity index (χ2v) is 4.21. The van der Waals surface area contributed by atoms with Gasteiger partial charge in [-0.1, -0.05) is 30.3 Å². The summed E-state index contributed by atoms with van der Waals surface area (Å²) in [4.78, 5) is 0. The van der Waals surface area contributed by atoms with Crippen molar-refractivity contribution in [3.8, 4) is 0 Å². The summed E-state index contributed by atoms with van der Waals surface area (Å²) in [5.41, 5.74) is 1.38. The Bertz CT molecular complexity index is 277. The van der Waals surface area contributed by atoms with Gasteiger partial charge in [0.05, 0.1) is 14.1 Å². The molecule has 0 spiro atoms. The summed E-state index contributed by atoms with van der Waals surface area (Å²) >= 11 is 0. The molecule has 0 saturated carbocycles. The van der Waals surface area contributed by atoms with Crippen molar-refractivity contribution in [3.63, 3.8) is 0 Å². The summed E-state index contributed by atoms with van der Waals surface area (Å²) in [6.07, 6.45) is 0.417. The smallest absolute Gasteiger partial charge is 0.217 e. The molecule has 1 atom stereocenters. The molecule has 2 nitrogen and oxygen atoms in total. The van der Waals surface area contributed by atoms with Gasteiger partial charge in [0.15, 0.2) is 0 Å². The molecule has 0 radical (unpaired) electrons. The van der Waals surface area contributed by atoms with E-state index in [4.69, 9.17) is 4.74 Å². The molecule has 0 bridgehead atoms. The van der Waals surface area contributed by atoms with Crippen LogP contribution in [-0.4, -0.2) is 31.4 Å². The Morgan fingerprint density at radius 2 is 1.92 bits per heavy atom. The first-order chi connectivity index (χ1) is 6.18. The van der Waals surface area contributed by atoms with Crippen molar-refractivity contribution in [1.82, 2.24) is 0 Å². The molecule has 1 heterocycles. The highest BCUT2D eigenvalue weighted by molar-refractivity contribution is 5.13. The van der Waals surface area contributed by atoms with Crippen LogP contribution in [0.2, 0.25) is 0 Å². The maximum absolute atomic E-state index is 5.32. The minimum absolute atomic E-state index is 0.417. The normalized spacial score (nSPS) is 21.5. The fourth-order valence-electron chi connectivity index (χ4n) is 1.60. The number of rotatable bonds is 3. The minimum atomic E-state index is 0.417. The van der Waals surface area contributed by atoms with Gasteiger partial charge in [0.2, 0.25) is 6.23 Å². The van der Waals surface area contributed by atoms with Gasteiger partial charge in [0.1, 0.15) is 13.2 Å². The highest BCUT2D eigenvalue weighted by atomic mass is 16.6. The average molecular weight is 178 g/mol. The van der Waals surface area contributed by atoms with Gasteiger partial charge < -0.3 is 4.74 Å². The number of hydrogen-bond donors (Lipinski definition) is 0. The van der Waals surface area contributed by atoms with Crippen molar-refractivity contribution in [2.75, 3.05) is 20.7 Å². The molecule has 2 rings (SSSR count). The Labute approximate surface area is 79.3 Å². The molecule has 0 N–H and O–H groups in total. The molecule has 1 aliphatic heterocycles. The molecule has 0 amide bonds. The van der Waals surface area contributed by atoms with Crippen molar-refractivity contribution in [2.24, 2.45) is 0 Å². The van der Waals surface area contributed by atoms with Crippen LogP contribution in [0.15, 0.2) is 30.3 Å². The first-order valence-electron chi connectivity index (χ1n) is 4.67. The fraction of sp³-hybridized carbons (Fsp3) is 0.455. The van der Waals surface area contributed by atoms with Crippen molar-refractivity contribution < 1.29 is 9.22 Å². The first kappa shape index (κ1) is 8.73. The van der Waals surface area contributed by atoms with Crippen molar-refractivity contribution in [2.45, 2.75) is 12.8 Å². The van der Waals surface area contributed by atoms with E-state index in [1.165, 1.54) is 5.56 Å². The van der Waals surface area contributed by atoms with Crippen LogP contribution in [0.5, 0.6) is 0 Å². The number of epoxide rings is 1. The summed E-state index contributed by atoms with van der Waals surface area (Å²) in [7, 11) is 4.43. The Morgan fingerprint density at radius 3 is 2.46 bits per heavy atom. The van der Waals surface area contributed by atoms with Crippen molar-refractivity contribution >= 4 is 0 Å². The van der Waals surface area contributed by atoms with Crippen LogP contribution in [0.1, 0.15) is 5.56 Å². The zero-order valence-corrected chi connectivity index (χ0v) is 8.23. The molecule has 0 unspecified atom stereocenters. The SMILES string of the molecule is C[N+](C)(Cc1ccccc1)[C@@H]1CO1. The van der Waals surface area contributed by atoms with Crippen LogP contribution in [0.25, 0.3) is 0 Å². The topological polar surface area (TPSA) is 12.5 Å². The maximum atomic E-state index is 5.32. The maximum Gasteiger partial charge on any atom is 0.217 e. The Kier molecular flexibility index (Phi) is 2.10. The second-order valence-electron chi connectivity index (χ2n) is 4.21. The van der Waals surface area contributed by atoms with E-state index in [2.05, 4.69) is 44.4 Å². The lowest BCUT2D eigenvalue weighted by Crippen LogP contribution is -2.41. The van der Waals surface area contributed by atoms with Crippen LogP contribution >= 0.6 is 0 Å². The molecular formula is C11H16NO+. The van der Waals surface area contributed by atoms with E-state index in [1.54, 1.807) is 0 Å². The van der Waals surface area contributed by atoms with Crippen LogP contribution in [-0.2, 0) is 11.3 Å². The Hall–Kier alpha value is -0.860. The molecule has 1 fully saturated rings. The van der Waals surface area contributed by atoms with E-state index in [0.717, 1.165) is 17.6 Å². The highest BCUT2D eigenvalue weighted by Gasteiger charge is 2.39. The van der Waals surface area contributed by atoms with Crippen LogP contribution < -0.4 is 0 Å². The molecule has 1 aliphatic rings. The molecule has 70 valence electrons. The lowest BCUT2D eigenvalue weighted by Gasteiger charge is -2.27. The summed E-state index contributed by atoms with van der Waals surface area (Å²) in [6.45, 7) is 1.96. The largest absolute Gasteiger partial charge is 0.318 e. The number of likely N-dealkylation sites (N-methyl/N-ethyl adjacent to an activating group) is 1. The number of ether oxygens (including phenoxy) is 1. The summed E-state index contributed by atoms with van der Waals surface area (Å²) < 4.78 is 6.25. The van der Waals surface area contributed by atoms with E-state index in [1.807, 2.05) is 0 Å². The average Bonchev–Trinajstić information content (AvgIpc) is 2.87. The number of quaternary nitrogens is 1. The highest BCUT2D eigenvalue weighted by Crippen LogP contribution is 2.23. The lowest BCUT2D eigenvalue weighted by molar-refractivity contribution is -0.923. The molecule has 0 aliphatic carbocycles. The summed E-state index contributed by atoms with van der Waals surface area (Å²) in [5, 5.41) is 0. The third kappa shape index (κ3) is 2.08. The molecule has 2 heteroatoms. The number of benzene rings is 1. The summed E-state index contributed by atoms with van der Waals surface area (Å²) in [6, 6.07) is 10.6. The first-order valence-corrected chi connectivity index (χ1v) is 4.67. The van der Waals surface area contributed by atoms with E-state index < -0.39 is 0 Å². The zero-order valence-electron chi connectivity index (χ0n) is 8.23. The van der Waals surface area contributed by atoms with Gasteiger partial charge in [-0.15, -0.1) is 0 Å². The van der Waals surface area contributed by atoms with Gasteiger partial charge in [-0.2, -0.15) is 0 Å². The van der Waals surface area contributed by atoms with Gasteiger partial charge >= 0.3 is 0 Å². The van der Waals surface area contributed by atoms with Gasteiger partial charge in [-0.3, -0.25) is 4.48 Å². The molecule has 0 aromatic heterocycles. The van der Waals surface area contributed by atoms with Crippen LogP contribution in [0.4, 0.5) is 0 Å². The van der Waals surface area contributed by atoms with Crippen molar-refractivity contribution in [3.05, 3.63) is 35.9 Å². The number of nitrogens with zero attached hydrogens (tertiary/aromatic N) is 1. The minimum Gasteiger partial charge on any atom is -0.318 e. The summed E-state index contributed by atoms with van der Waals surface area (Å²) in [5.74, 6) is 0. The quantitative estimate of drug-likeness (QED) is 0.506. The van der Waals surface area contributed by atoms with E-state index in [9.17, 15) is 0 Å². The molecule has 1 aromatic rings. The monoisotopic (exact) mass is 178 g/mol. The lowest BCUT2D eigenvalue weighted by atomic mass is 10.2. The Balaban J connectivity index is 2.04. The molecular weight excluding hydrogens is 162 g/mol. The third-order valence-corrected chi connectivity index (χ3v) is 2.53. The predicted octanol–water partition coefficient (Wildman–Crippen LogP) is 1.62. The molecule has 1 saturated heterocycles. The molecule has 1 aromatic carbocycles. The zero-order chi connectivity index (χ0) is 9.31. The standard InChI is InChI=1S/C11H16NO/c1-12(2,11-9-13-11)8-10-6-4-3-5-7-10/h3-7,11H,8-9H2,1-2H3/q+1/t11-/m0/s1. The van der Waals surface area contributed by atoms with Gasteiger partial charge in [-0.25, -0.2) is 0 Å². The predicted molar refractivity (Wildman–Crippen MR) is 52.0 cm³/mol. The second kappa shape index (κ2) is 3.13. The van der Waals surface area contributed by atoms with Gasteiger partial charge in [-0.05, 0) is 0 Å². The number of hydrogen-bond acceptors (Lipinski definition) is 1. The fourth-order valence-corrected chi connectivity index (χ4v) is 1.60. The van der Waals surface area contributed by atoms with Crippen molar-refractivity contribution in [1.29, 1.82) is 0 Å². The van der Waals surface area contributed by atoms with Crippen LogP contribution in [0.3, 0.4) is 0 Å². The Morgan fingerprint density at radius 1 is 1.31 bits per heavy atom. The third-order valence-electron chi connectivity index (χ3n) is 2.53. The van der Waals surface area contributed by atoms with Crippen LogP contribution in [0, 0.1) is 0 Å².